The first-order chi connectivity index (χ1) is 15.2. The van der Waals surface area contributed by atoms with Gasteiger partial charge < -0.3 is 9.64 Å². The van der Waals surface area contributed by atoms with Crippen LogP contribution in [0.1, 0.15) is 33.0 Å². The second kappa shape index (κ2) is 9.77. The molecule has 0 bridgehead atoms. The van der Waals surface area contributed by atoms with Crippen LogP contribution in [0.25, 0.3) is 16.1 Å². The predicted octanol–water partition coefficient (Wildman–Crippen LogP) is 1.80. The molecule has 0 atom stereocenters. The molecule has 1 amide bonds. The van der Waals surface area contributed by atoms with Crippen molar-refractivity contribution in [2.24, 2.45) is 5.11 Å². The fourth-order valence-corrected chi connectivity index (χ4v) is 4.00. The van der Waals surface area contributed by atoms with Crippen molar-refractivity contribution in [3.8, 4) is 5.69 Å². The Morgan fingerprint density at radius 2 is 2.16 bits per heavy atom. The normalized spacial score (nSPS) is 13.1. The third-order valence-electron chi connectivity index (χ3n) is 4.54. The molecule has 1 aliphatic heterocycles. The summed E-state index contributed by atoms with van der Waals surface area (Å²) in [4.78, 5) is 33.0. The molecule has 1 aromatic carbocycles. The number of nitrogens with zero attached hydrogens (tertiary/aromatic N) is 6. The lowest BCUT2D eigenvalue weighted by molar-refractivity contribution is 0.0443. The van der Waals surface area contributed by atoms with E-state index in [0.29, 0.717) is 11.4 Å². The van der Waals surface area contributed by atoms with Gasteiger partial charge in [0.05, 0.1) is 29.2 Å². The van der Waals surface area contributed by atoms with E-state index in [-0.39, 0.29) is 43.1 Å². The number of carbonyl (C=O) groups is 2. The highest BCUT2D eigenvalue weighted by Gasteiger charge is 2.29. The highest BCUT2D eigenvalue weighted by molar-refractivity contribution is 7.86. The fraction of sp³-hybridized carbons (Fsp3) is 0.389. The van der Waals surface area contributed by atoms with Gasteiger partial charge >= 0.3 is 5.97 Å². The molecule has 0 unspecified atom stereocenters. The predicted molar refractivity (Wildman–Crippen MR) is 108 cm³/mol. The van der Waals surface area contributed by atoms with Crippen LogP contribution in [0.2, 0.25) is 0 Å². The van der Waals surface area contributed by atoms with Crippen molar-refractivity contribution < 1.29 is 31.3 Å². The number of amides is 1. The molecule has 2 heterocycles. The van der Waals surface area contributed by atoms with Crippen molar-refractivity contribution in [3.05, 3.63) is 57.7 Å². The summed E-state index contributed by atoms with van der Waals surface area (Å²) >= 11 is 0. The second-order valence-electron chi connectivity index (χ2n) is 6.76. The topological polar surface area (TPSA) is 157 Å². The minimum Gasteiger partial charge on any atom is -0.458 e. The number of imidazole rings is 1. The van der Waals surface area contributed by atoms with Crippen LogP contribution in [-0.4, -0.2) is 67.3 Å². The van der Waals surface area contributed by atoms with Crippen LogP contribution in [0.3, 0.4) is 0 Å². The van der Waals surface area contributed by atoms with E-state index < -0.39 is 34.4 Å². The Morgan fingerprint density at radius 3 is 2.91 bits per heavy atom. The third-order valence-corrected chi connectivity index (χ3v) is 5.85. The molecule has 0 aliphatic carbocycles. The largest absolute Gasteiger partial charge is 0.458 e. The first-order valence-corrected chi connectivity index (χ1v) is 11.0. The Balaban J connectivity index is 1.66. The van der Waals surface area contributed by atoms with Crippen LogP contribution in [0.5, 0.6) is 0 Å². The number of halogens is 1. The maximum absolute atomic E-state index is 13.7. The number of azide groups is 1. The molecule has 32 heavy (non-hydrogen) atoms. The first-order valence-electron chi connectivity index (χ1n) is 9.40. The fourth-order valence-electron chi connectivity index (χ4n) is 3.07. The Kier molecular flexibility index (Phi) is 7.08. The van der Waals surface area contributed by atoms with E-state index in [2.05, 4.69) is 15.0 Å². The lowest BCUT2D eigenvalue weighted by Crippen LogP contribution is -2.26. The lowest BCUT2D eigenvalue weighted by Gasteiger charge is -2.14. The smallest absolute Gasteiger partial charge is 0.358 e. The van der Waals surface area contributed by atoms with Gasteiger partial charge in [0.2, 0.25) is 0 Å². The molecule has 14 heteroatoms. The van der Waals surface area contributed by atoms with E-state index in [1.165, 1.54) is 35.0 Å². The molecule has 12 nitrogen and oxygen atoms in total. The Hall–Kier alpha value is -3.48. The number of rotatable bonds is 9. The second-order valence-corrected chi connectivity index (χ2v) is 8.52. The number of esters is 1. The number of aromatic nitrogens is 2. The highest BCUT2D eigenvalue weighted by atomic mass is 32.2. The number of hydrogen-bond acceptors (Lipinski definition) is 8. The summed E-state index contributed by atoms with van der Waals surface area (Å²) in [5.74, 6) is -2.15. The van der Waals surface area contributed by atoms with Crippen LogP contribution in [0.15, 0.2) is 29.6 Å². The van der Waals surface area contributed by atoms with Crippen molar-refractivity contribution in [1.29, 1.82) is 0 Å². The van der Waals surface area contributed by atoms with Gasteiger partial charge in [-0.1, -0.05) is 5.11 Å². The van der Waals surface area contributed by atoms with Crippen molar-refractivity contribution >= 4 is 22.0 Å². The summed E-state index contributed by atoms with van der Waals surface area (Å²) in [6.07, 6.45) is 1.43. The van der Waals surface area contributed by atoms with Crippen LogP contribution in [0.4, 0.5) is 4.39 Å². The molecule has 0 spiro atoms. The van der Waals surface area contributed by atoms with E-state index >= 15 is 0 Å². The monoisotopic (exact) mass is 466 g/mol. The summed E-state index contributed by atoms with van der Waals surface area (Å²) < 4.78 is 48.4. The van der Waals surface area contributed by atoms with Gasteiger partial charge in [-0.15, -0.1) is 0 Å². The Labute approximate surface area is 182 Å². The average Bonchev–Trinajstić information content (AvgIpc) is 3.13. The molecule has 2 aromatic rings. The average molecular weight is 466 g/mol. The lowest BCUT2D eigenvalue weighted by atomic mass is 10.1. The van der Waals surface area contributed by atoms with E-state index in [4.69, 9.17) is 14.5 Å². The van der Waals surface area contributed by atoms with E-state index in [9.17, 15) is 22.4 Å². The molecule has 3 rings (SSSR count). The third kappa shape index (κ3) is 5.22. The minimum absolute atomic E-state index is 0.0201. The van der Waals surface area contributed by atoms with Gasteiger partial charge in [-0.3, -0.25) is 13.5 Å². The van der Waals surface area contributed by atoms with E-state index in [1.54, 1.807) is 0 Å². The summed E-state index contributed by atoms with van der Waals surface area (Å²) in [5, 5.41) is 3.23. The zero-order valence-corrected chi connectivity index (χ0v) is 17.8. The van der Waals surface area contributed by atoms with Crippen LogP contribution >= 0.6 is 0 Å². The van der Waals surface area contributed by atoms with Crippen LogP contribution < -0.4 is 0 Å². The van der Waals surface area contributed by atoms with Crippen molar-refractivity contribution in [2.45, 2.75) is 13.0 Å². The van der Waals surface area contributed by atoms with Gasteiger partial charge in [-0.2, -0.15) is 8.42 Å². The van der Waals surface area contributed by atoms with E-state index in [1.807, 2.05) is 0 Å². The van der Waals surface area contributed by atoms with Crippen molar-refractivity contribution in [1.82, 2.24) is 14.5 Å². The number of carbonyl (C=O) groups excluding carboxylic acids is 2. The number of ether oxygens (including phenoxy) is 1. The maximum atomic E-state index is 13.7. The molecule has 0 fully saturated rings. The quantitative estimate of drug-likeness (QED) is 0.136. The van der Waals surface area contributed by atoms with Gasteiger partial charge in [-0.25, -0.2) is 14.2 Å². The zero-order chi connectivity index (χ0) is 23.3. The maximum Gasteiger partial charge on any atom is 0.358 e. The van der Waals surface area contributed by atoms with Crippen LogP contribution in [0, 0.1) is 5.82 Å². The summed E-state index contributed by atoms with van der Waals surface area (Å²) in [6, 6.07) is 3.73. The zero-order valence-electron chi connectivity index (χ0n) is 17.0. The highest BCUT2D eigenvalue weighted by Crippen LogP contribution is 2.26. The van der Waals surface area contributed by atoms with Gasteiger partial charge in [0.25, 0.3) is 16.0 Å². The molecular weight excluding hydrogens is 447 g/mol. The summed E-state index contributed by atoms with van der Waals surface area (Å²) in [6.45, 7) is -0.703. The van der Waals surface area contributed by atoms with Crippen LogP contribution in [-0.2, 0) is 25.6 Å². The number of fused-ring (bicyclic) bond motifs is 3. The van der Waals surface area contributed by atoms with Crippen molar-refractivity contribution in [2.75, 3.05) is 32.6 Å². The number of benzene rings is 1. The standard InChI is InChI=1S/C18H19FN6O6S/c1-24-10-15-16(18(27)30-6-7-31-32(28,29)8-2-5-22-23-20)21-11-25(15)14-4-3-12(19)9-13(14)17(24)26/h3-4,9,11H,2,5-8,10H2,1H3. The SMILES string of the molecule is CN1Cc2c(C(=O)OCCOS(=O)(=O)CCCN=[N+]=[N-])ncn2-c2ccc(F)cc2C1=O. The summed E-state index contributed by atoms with van der Waals surface area (Å²) in [7, 11) is -2.34. The minimum atomic E-state index is -3.85. The molecule has 1 aromatic heterocycles. The first kappa shape index (κ1) is 23.2. The molecule has 0 saturated heterocycles. The molecule has 0 radical (unpaired) electrons. The van der Waals surface area contributed by atoms with Gasteiger partial charge in [0, 0.05) is 18.5 Å². The van der Waals surface area contributed by atoms with Gasteiger partial charge in [-0.05, 0) is 30.2 Å². The molecule has 1 aliphatic rings. The Bertz CT molecular complexity index is 1190. The summed E-state index contributed by atoms with van der Waals surface area (Å²) in [5.41, 5.74) is 8.97. The molecule has 0 saturated carbocycles. The molecular formula is C18H19FN6O6S. The van der Waals surface area contributed by atoms with Gasteiger partial charge in [0.1, 0.15) is 25.4 Å². The van der Waals surface area contributed by atoms with Gasteiger partial charge in [0.15, 0.2) is 5.69 Å². The van der Waals surface area contributed by atoms with Crippen molar-refractivity contribution in [3.63, 3.8) is 0 Å². The molecule has 0 N–H and O–H groups in total. The molecule has 170 valence electrons. The van der Waals surface area contributed by atoms with E-state index in [0.717, 1.165) is 6.07 Å². The number of hydrogen-bond donors (Lipinski definition) is 0. The Morgan fingerprint density at radius 1 is 1.38 bits per heavy atom.